The summed E-state index contributed by atoms with van der Waals surface area (Å²) in [5, 5.41) is 25.6. The second-order valence-electron chi connectivity index (χ2n) is 3.89. The summed E-state index contributed by atoms with van der Waals surface area (Å²) in [5.74, 6) is 0. The van der Waals surface area contributed by atoms with E-state index in [2.05, 4.69) is 20.5 Å². The summed E-state index contributed by atoms with van der Waals surface area (Å²) in [6.45, 7) is 0. The minimum absolute atomic E-state index is 0.585. The van der Waals surface area contributed by atoms with Crippen LogP contribution in [0.3, 0.4) is 0 Å². The largest absolute Gasteiger partial charge is 0.266 e. The van der Waals surface area contributed by atoms with Gasteiger partial charge in [-0.2, -0.15) is 15.5 Å². The van der Waals surface area contributed by atoms with Gasteiger partial charge >= 0.3 is 0 Å². The number of nitrogens with zero attached hydrogens (tertiary/aromatic N) is 5. The Labute approximate surface area is 131 Å². The number of rotatable bonds is 4. The van der Waals surface area contributed by atoms with Gasteiger partial charge in [0.05, 0.1) is 11.4 Å². The number of halogens is 2. The molecule has 0 spiro atoms. The van der Waals surface area contributed by atoms with Gasteiger partial charge in [-0.3, -0.25) is 0 Å². The molecule has 0 radical (unpaired) electrons. The SMILES string of the molecule is N#CC(N=Nc1ccc(Cl)cc1)N=Nc1ccc(Cl)cc1. The quantitative estimate of drug-likeness (QED) is 0.665. The molecule has 0 N–H and O–H groups in total. The third-order valence-corrected chi connectivity index (χ3v) is 2.84. The zero-order valence-electron chi connectivity index (χ0n) is 10.7. The van der Waals surface area contributed by atoms with E-state index in [1.165, 1.54) is 0 Å². The van der Waals surface area contributed by atoms with Crippen molar-refractivity contribution in [2.45, 2.75) is 6.17 Å². The average Bonchev–Trinajstić information content (AvgIpc) is 2.51. The van der Waals surface area contributed by atoms with E-state index in [0.717, 1.165) is 0 Å². The first-order valence-corrected chi connectivity index (χ1v) is 6.65. The lowest BCUT2D eigenvalue weighted by Gasteiger charge is -1.96. The zero-order chi connectivity index (χ0) is 15.1. The number of nitriles is 1. The van der Waals surface area contributed by atoms with Gasteiger partial charge in [-0.05, 0) is 48.5 Å². The highest BCUT2D eigenvalue weighted by atomic mass is 35.5. The summed E-state index contributed by atoms with van der Waals surface area (Å²) in [6, 6.07) is 15.4. The van der Waals surface area contributed by atoms with E-state index in [9.17, 15) is 0 Å². The summed E-state index contributed by atoms with van der Waals surface area (Å²) in [6.07, 6.45) is -1.00. The van der Waals surface area contributed by atoms with Gasteiger partial charge < -0.3 is 0 Å². The van der Waals surface area contributed by atoms with Gasteiger partial charge in [-0.1, -0.05) is 23.2 Å². The van der Waals surface area contributed by atoms with Crippen LogP contribution >= 0.6 is 23.2 Å². The summed E-state index contributed by atoms with van der Waals surface area (Å²) in [4.78, 5) is 0. The van der Waals surface area contributed by atoms with E-state index in [1.807, 2.05) is 6.07 Å². The molecule has 0 aliphatic carbocycles. The number of benzene rings is 2. The van der Waals surface area contributed by atoms with Crippen molar-refractivity contribution in [2.75, 3.05) is 0 Å². The molecule has 0 atom stereocenters. The molecule has 0 aromatic heterocycles. The molecule has 0 unspecified atom stereocenters. The van der Waals surface area contributed by atoms with Crippen molar-refractivity contribution in [3.8, 4) is 6.07 Å². The standard InChI is InChI=1S/C14H9Cl2N5/c15-10-1-5-12(6-2-10)18-20-14(9-17)21-19-13-7-3-11(16)4-8-13/h1-8,14H. The Bertz CT molecular complexity index is 631. The van der Waals surface area contributed by atoms with E-state index in [1.54, 1.807) is 48.5 Å². The molecule has 2 aromatic carbocycles. The molecule has 2 rings (SSSR count). The van der Waals surface area contributed by atoms with Crippen LogP contribution in [0.5, 0.6) is 0 Å². The maximum atomic E-state index is 8.97. The van der Waals surface area contributed by atoms with Crippen molar-refractivity contribution >= 4 is 34.6 Å². The van der Waals surface area contributed by atoms with Crippen molar-refractivity contribution in [2.24, 2.45) is 20.5 Å². The molecular weight excluding hydrogens is 309 g/mol. The van der Waals surface area contributed by atoms with Crippen LogP contribution in [0.15, 0.2) is 69.0 Å². The van der Waals surface area contributed by atoms with Gasteiger partial charge in [0.25, 0.3) is 6.17 Å². The van der Waals surface area contributed by atoms with Crippen molar-refractivity contribution < 1.29 is 0 Å². The summed E-state index contributed by atoms with van der Waals surface area (Å²) in [7, 11) is 0. The molecule has 0 saturated carbocycles. The maximum absolute atomic E-state index is 8.97. The fourth-order valence-electron chi connectivity index (χ4n) is 1.33. The van der Waals surface area contributed by atoms with Gasteiger partial charge in [-0.25, -0.2) is 0 Å². The van der Waals surface area contributed by atoms with Crippen LogP contribution in [0.2, 0.25) is 10.0 Å². The van der Waals surface area contributed by atoms with E-state index in [0.29, 0.717) is 21.4 Å². The molecule has 0 heterocycles. The highest BCUT2D eigenvalue weighted by molar-refractivity contribution is 6.30. The first-order chi connectivity index (χ1) is 10.2. The molecule has 2 aromatic rings. The Kier molecular flexibility index (Phi) is 5.38. The summed E-state index contributed by atoms with van der Waals surface area (Å²) < 4.78 is 0. The van der Waals surface area contributed by atoms with Gasteiger partial charge in [0.1, 0.15) is 6.07 Å². The van der Waals surface area contributed by atoms with Crippen LogP contribution < -0.4 is 0 Å². The Morgan fingerprint density at radius 2 is 1.14 bits per heavy atom. The van der Waals surface area contributed by atoms with Crippen LogP contribution in [0.4, 0.5) is 11.4 Å². The van der Waals surface area contributed by atoms with Crippen LogP contribution in [-0.4, -0.2) is 6.17 Å². The third-order valence-electron chi connectivity index (χ3n) is 2.33. The van der Waals surface area contributed by atoms with Crippen LogP contribution in [0.25, 0.3) is 0 Å². The molecule has 0 aliphatic rings. The molecule has 0 aliphatic heterocycles. The molecule has 5 nitrogen and oxygen atoms in total. The van der Waals surface area contributed by atoms with Crippen molar-refractivity contribution in [1.29, 1.82) is 5.26 Å². The van der Waals surface area contributed by atoms with Crippen LogP contribution in [-0.2, 0) is 0 Å². The second kappa shape index (κ2) is 7.48. The Morgan fingerprint density at radius 1 is 0.762 bits per heavy atom. The molecule has 0 fully saturated rings. The van der Waals surface area contributed by atoms with Crippen LogP contribution in [0.1, 0.15) is 0 Å². The fourth-order valence-corrected chi connectivity index (χ4v) is 1.58. The highest BCUT2D eigenvalue weighted by Gasteiger charge is 2.02. The Balaban J connectivity index is 2.04. The first kappa shape index (κ1) is 15.1. The van der Waals surface area contributed by atoms with Crippen LogP contribution in [0, 0.1) is 11.3 Å². The van der Waals surface area contributed by atoms with Crippen molar-refractivity contribution in [3.63, 3.8) is 0 Å². The van der Waals surface area contributed by atoms with Crippen molar-refractivity contribution in [3.05, 3.63) is 58.6 Å². The third kappa shape index (κ3) is 4.95. The molecule has 0 saturated heterocycles. The molecule has 7 heteroatoms. The highest BCUT2D eigenvalue weighted by Crippen LogP contribution is 2.19. The molecule has 0 bridgehead atoms. The summed E-state index contributed by atoms with van der Waals surface area (Å²) in [5.41, 5.74) is 1.17. The minimum Gasteiger partial charge on any atom is -0.194 e. The smallest absolute Gasteiger partial charge is 0.194 e. The molecule has 21 heavy (non-hydrogen) atoms. The van der Waals surface area contributed by atoms with Gasteiger partial charge in [0.2, 0.25) is 0 Å². The zero-order valence-corrected chi connectivity index (χ0v) is 12.2. The number of azo groups is 2. The minimum atomic E-state index is -1.00. The van der Waals surface area contributed by atoms with E-state index in [4.69, 9.17) is 28.5 Å². The lowest BCUT2D eigenvalue weighted by Crippen LogP contribution is -1.92. The lowest BCUT2D eigenvalue weighted by atomic mass is 10.3. The van der Waals surface area contributed by atoms with Gasteiger partial charge in [0, 0.05) is 10.0 Å². The maximum Gasteiger partial charge on any atom is 0.266 e. The molecular formula is C14H9Cl2N5. The first-order valence-electron chi connectivity index (χ1n) is 5.90. The Morgan fingerprint density at radius 3 is 1.48 bits per heavy atom. The molecule has 0 amide bonds. The predicted molar refractivity (Wildman–Crippen MR) is 81.3 cm³/mol. The topological polar surface area (TPSA) is 73.2 Å². The van der Waals surface area contributed by atoms with Crippen molar-refractivity contribution in [1.82, 2.24) is 0 Å². The fraction of sp³-hybridized carbons (Fsp3) is 0.0714. The van der Waals surface area contributed by atoms with E-state index in [-0.39, 0.29) is 0 Å². The Hall–Kier alpha value is -2.29. The monoisotopic (exact) mass is 317 g/mol. The normalized spacial score (nSPS) is 12.6. The number of hydrogen-bond acceptors (Lipinski definition) is 5. The average molecular weight is 318 g/mol. The lowest BCUT2D eigenvalue weighted by molar-refractivity contribution is 0.780. The van der Waals surface area contributed by atoms with Gasteiger partial charge in [0.15, 0.2) is 0 Å². The van der Waals surface area contributed by atoms with E-state index >= 15 is 0 Å². The summed E-state index contributed by atoms with van der Waals surface area (Å²) >= 11 is 11.5. The number of hydrogen-bond donors (Lipinski definition) is 0. The molecule has 104 valence electrons. The van der Waals surface area contributed by atoms with Gasteiger partial charge in [-0.15, -0.1) is 10.2 Å². The predicted octanol–water partition coefficient (Wildman–Crippen LogP) is 5.71. The van der Waals surface area contributed by atoms with E-state index < -0.39 is 6.17 Å². The second-order valence-corrected chi connectivity index (χ2v) is 4.76.